The van der Waals surface area contributed by atoms with Crippen LogP contribution in [-0.4, -0.2) is 43.4 Å². The van der Waals surface area contributed by atoms with E-state index in [1.165, 1.54) is 53.9 Å². The Kier molecular flexibility index (Phi) is 4.78. The van der Waals surface area contributed by atoms with Gasteiger partial charge in [-0.15, -0.1) is 0 Å². The Morgan fingerprint density at radius 3 is 3.03 bits per heavy atom. The largest absolute Gasteiger partial charge is 0.374 e. The monoisotopic (exact) mass is 404 g/mol. The van der Waals surface area contributed by atoms with Crippen molar-refractivity contribution in [3.63, 3.8) is 0 Å². The Bertz CT molecular complexity index is 945. The van der Waals surface area contributed by atoms with Crippen molar-refractivity contribution >= 4 is 5.69 Å². The maximum Gasteiger partial charge on any atom is 0.0771 e. The first-order valence-electron chi connectivity index (χ1n) is 11.7. The van der Waals surface area contributed by atoms with E-state index in [2.05, 4.69) is 52.9 Å². The molecule has 4 atom stereocenters. The van der Waals surface area contributed by atoms with Crippen molar-refractivity contribution in [3.05, 3.63) is 58.4 Å². The van der Waals surface area contributed by atoms with E-state index in [0.717, 1.165) is 32.5 Å². The van der Waals surface area contributed by atoms with Gasteiger partial charge in [0.05, 0.1) is 24.4 Å². The number of aryl methyl sites for hydroxylation is 1. The molecular formula is C25H32N4O. The average Bonchev–Trinajstić information content (AvgIpc) is 3.42. The Labute approximate surface area is 179 Å². The summed E-state index contributed by atoms with van der Waals surface area (Å²) in [5.74, 6) is 0. The fourth-order valence-corrected chi connectivity index (χ4v) is 6.04. The summed E-state index contributed by atoms with van der Waals surface area (Å²) >= 11 is 0. The summed E-state index contributed by atoms with van der Waals surface area (Å²) in [6.07, 6.45) is 7.31. The summed E-state index contributed by atoms with van der Waals surface area (Å²) in [6.45, 7) is 2.90. The van der Waals surface area contributed by atoms with Gasteiger partial charge in [0.2, 0.25) is 0 Å². The first kappa shape index (κ1) is 18.8. The zero-order valence-corrected chi connectivity index (χ0v) is 17.9. The van der Waals surface area contributed by atoms with Crippen LogP contribution < -0.4 is 15.5 Å². The highest BCUT2D eigenvalue weighted by Crippen LogP contribution is 2.37. The van der Waals surface area contributed by atoms with Crippen LogP contribution in [0.25, 0.3) is 0 Å². The number of morpholine rings is 1. The van der Waals surface area contributed by atoms with Crippen LogP contribution in [0.1, 0.15) is 53.4 Å². The van der Waals surface area contributed by atoms with E-state index in [0.29, 0.717) is 24.2 Å². The van der Waals surface area contributed by atoms with Crippen LogP contribution in [0.4, 0.5) is 5.69 Å². The first-order valence-corrected chi connectivity index (χ1v) is 11.7. The van der Waals surface area contributed by atoms with Crippen molar-refractivity contribution in [2.45, 2.75) is 69.3 Å². The summed E-state index contributed by atoms with van der Waals surface area (Å²) in [7, 11) is 2.06. The smallest absolute Gasteiger partial charge is 0.0771 e. The molecule has 5 nitrogen and oxygen atoms in total. The molecule has 1 aromatic carbocycles. The molecule has 4 aliphatic rings. The third kappa shape index (κ3) is 3.24. The van der Waals surface area contributed by atoms with E-state index < -0.39 is 0 Å². The summed E-state index contributed by atoms with van der Waals surface area (Å²) in [5, 5.41) is 7.24. The van der Waals surface area contributed by atoms with Crippen LogP contribution in [0.2, 0.25) is 0 Å². The number of hydrogen-bond acceptors (Lipinski definition) is 5. The SMILES string of the molecule is CNC1CCCc2ccc(C[C@H]3Cc4c(cccc4N4C[C@H]5C[C@@H]4CO5)CN3)nc21. The predicted octanol–water partition coefficient (Wildman–Crippen LogP) is 2.91. The number of nitrogens with one attached hydrogen (secondary N) is 2. The number of pyridine rings is 1. The third-order valence-corrected chi connectivity index (χ3v) is 7.63. The van der Waals surface area contributed by atoms with Crippen LogP contribution in [-0.2, 0) is 30.5 Å². The molecule has 2 saturated heterocycles. The number of anilines is 1. The maximum atomic E-state index is 5.84. The lowest BCUT2D eigenvalue weighted by Crippen LogP contribution is -2.41. The zero-order chi connectivity index (χ0) is 20.1. The molecule has 158 valence electrons. The molecule has 2 aromatic rings. The lowest BCUT2D eigenvalue weighted by Gasteiger charge is -2.35. The van der Waals surface area contributed by atoms with E-state index in [4.69, 9.17) is 9.72 Å². The van der Waals surface area contributed by atoms with Gasteiger partial charge < -0.3 is 20.3 Å². The topological polar surface area (TPSA) is 49.4 Å². The van der Waals surface area contributed by atoms with Gasteiger partial charge in [-0.3, -0.25) is 4.98 Å². The molecule has 6 rings (SSSR count). The maximum absolute atomic E-state index is 5.84. The van der Waals surface area contributed by atoms with Crippen LogP contribution in [0.5, 0.6) is 0 Å². The number of aromatic nitrogens is 1. The fraction of sp³-hybridized carbons (Fsp3) is 0.560. The van der Waals surface area contributed by atoms with Gasteiger partial charge >= 0.3 is 0 Å². The minimum absolute atomic E-state index is 0.410. The molecule has 2 fully saturated rings. The molecule has 0 radical (unpaired) electrons. The van der Waals surface area contributed by atoms with Crippen molar-refractivity contribution in [1.82, 2.24) is 15.6 Å². The molecule has 4 heterocycles. The Hall–Kier alpha value is -1.95. The zero-order valence-electron chi connectivity index (χ0n) is 17.9. The molecule has 1 unspecified atom stereocenters. The van der Waals surface area contributed by atoms with E-state index in [1.807, 2.05) is 0 Å². The van der Waals surface area contributed by atoms with Crippen LogP contribution >= 0.6 is 0 Å². The van der Waals surface area contributed by atoms with E-state index in [1.54, 1.807) is 5.56 Å². The van der Waals surface area contributed by atoms with Gasteiger partial charge in [0.15, 0.2) is 0 Å². The van der Waals surface area contributed by atoms with Crippen molar-refractivity contribution in [1.29, 1.82) is 0 Å². The molecule has 1 aromatic heterocycles. The van der Waals surface area contributed by atoms with Gasteiger partial charge in [-0.05, 0) is 68.0 Å². The lowest BCUT2D eigenvalue weighted by molar-refractivity contribution is 0.0990. The van der Waals surface area contributed by atoms with Gasteiger partial charge in [0.1, 0.15) is 0 Å². The van der Waals surface area contributed by atoms with E-state index >= 15 is 0 Å². The Morgan fingerprint density at radius 1 is 1.23 bits per heavy atom. The van der Waals surface area contributed by atoms with Crippen molar-refractivity contribution < 1.29 is 4.74 Å². The highest BCUT2D eigenvalue weighted by molar-refractivity contribution is 5.60. The molecule has 3 aliphatic heterocycles. The van der Waals surface area contributed by atoms with Crippen molar-refractivity contribution in [2.75, 3.05) is 25.1 Å². The summed E-state index contributed by atoms with van der Waals surface area (Å²) in [4.78, 5) is 7.73. The highest BCUT2D eigenvalue weighted by atomic mass is 16.5. The second-order valence-electron chi connectivity index (χ2n) is 9.48. The molecule has 1 aliphatic carbocycles. The second-order valence-corrected chi connectivity index (χ2v) is 9.48. The number of nitrogens with zero attached hydrogens (tertiary/aromatic N) is 2. The molecule has 2 bridgehead atoms. The first-order chi connectivity index (χ1) is 14.8. The summed E-state index contributed by atoms with van der Waals surface area (Å²) in [6, 6.07) is 12.9. The molecule has 2 N–H and O–H groups in total. The predicted molar refractivity (Wildman–Crippen MR) is 119 cm³/mol. The minimum atomic E-state index is 0.410. The number of benzene rings is 1. The number of hydrogen-bond donors (Lipinski definition) is 2. The van der Waals surface area contributed by atoms with Crippen LogP contribution in [0, 0.1) is 0 Å². The van der Waals surface area contributed by atoms with Gasteiger partial charge in [0.25, 0.3) is 0 Å². The normalized spacial score (nSPS) is 29.7. The molecular weight excluding hydrogens is 372 g/mol. The quantitative estimate of drug-likeness (QED) is 0.821. The third-order valence-electron chi connectivity index (χ3n) is 7.63. The van der Waals surface area contributed by atoms with E-state index in [-0.39, 0.29) is 0 Å². The van der Waals surface area contributed by atoms with Crippen LogP contribution in [0.3, 0.4) is 0 Å². The number of ether oxygens (including phenoxy) is 1. The second kappa shape index (κ2) is 7.63. The van der Waals surface area contributed by atoms with Gasteiger partial charge in [-0.25, -0.2) is 0 Å². The molecule has 0 amide bonds. The van der Waals surface area contributed by atoms with Crippen LogP contribution in [0.15, 0.2) is 30.3 Å². The lowest BCUT2D eigenvalue weighted by atomic mass is 9.89. The standard InChI is InChI=1S/C25H32N4O/c1-26-23-6-2-4-16-8-9-18(28-25(16)23)10-19-11-22-17(13-27-19)5-3-7-24(22)29-14-21-12-20(29)15-30-21/h3,5,7-9,19-21,23,26-27H,2,4,6,10-15H2,1H3/t19-,20+,21+,23?/m0/s1. The summed E-state index contributed by atoms with van der Waals surface area (Å²) in [5.41, 5.74) is 8.39. The van der Waals surface area contributed by atoms with E-state index in [9.17, 15) is 0 Å². The molecule has 30 heavy (non-hydrogen) atoms. The number of rotatable bonds is 4. The Morgan fingerprint density at radius 2 is 2.20 bits per heavy atom. The van der Waals surface area contributed by atoms with Crippen molar-refractivity contribution in [2.24, 2.45) is 0 Å². The highest BCUT2D eigenvalue weighted by Gasteiger charge is 2.40. The summed E-state index contributed by atoms with van der Waals surface area (Å²) < 4.78 is 5.84. The van der Waals surface area contributed by atoms with Gasteiger partial charge in [-0.2, -0.15) is 0 Å². The minimum Gasteiger partial charge on any atom is -0.374 e. The van der Waals surface area contributed by atoms with Gasteiger partial charge in [-0.1, -0.05) is 18.2 Å². The molecule has 0 saturated carbocycles. The average molecular weight is 405 g/mol. The fourth-order valence-electron chi connectivity index (χ4n) is 6.04. The molecule has 5 heteroatoms. The molecule has 0 spiro atoms. The van der Waals surface area contributed by atoms with Gasteiger partial charge in [0, 0.05) is 43.0 Å². The Balaban J connectivity index is 1.23. The van der Waals surface area contributed by atoms with Crippen molar-refractivity contribution in [3.8, 4) is 0 Å². The number of fused-ring (bicyclic) bond motifs is 4.